The number of rotatable bonds is 3. The van der Waals surface area contributed by atoms with Crippen molar-refractivity contribution in [2.24, 2.45) is 0 Å². The van der Waals surface area contributed by atoms with E-state index in [1.165, 1.54) is 6.08 Å². The molecule has 6 nitrogen and oxygen atoms in total. The molecule has 170 valence electrons. The lowest BCUT2D eigenvalue weighted by atomic mass is 9.88. The van der Waals surface area contributed by atoms with Gasteiger partial charge in [-0.1, -0.05) is 42.8 Å². The van der Waals surface area contributed by atoms with Crippen LogP contribution < -0.4 is 15.1 Å². The number of halogens is 1. The summed E-state index contributed by atoms with van der Waals surface area (Å²) in [7, 11) is 2.00. The molecular formula is C26H26ClN3O3. The summed E-state index contributed by atoms with van der Waals surface area (Å²) in [6.07, 6.45) is 4.26. The van der Waals surface area contributed by atoms with E-state index in [-0.39, 0.29) is 11.1 Å². The van der Waals surface area contributed by atoms with Gasteiger partial charge in [-0.15, -0.1) is 0 Å². The van der Waals surface area contributed by atoms with E-state index in [1.54, 1.807) is 12.1 Å². The van der Waals surface area contributed by atoms with E-state index in [4.69, 9.17) is 11.6 Å². The van der Waals surface area contributed by atoms with Crippen LogP contribution in [0.2, 0.25) is 5.02 Å². The molecule has 0 radical (unpaired) electrons. The molecule has 0 aliphatic carbocycles. The molecule has 1 fully saturated rings. The molecule has 0 atom stereocenters. The van der Waals surface area contributed by atoms with E-state index in [0.717, 1.165) is 27.3 Å². The second kappa shape index (κ2) is 8.19. The molecule has 2 aromatic rings. The van der Waals surface area contributed by atoms with Gasteiger partial charge in [-0.25, -0.2) is 9.69 Å². The van der Waals surface area contributed by atoms with Gasteiger partial charge in [0.15, 0.2) is 0 Å². The van der Waals surface area contributed by atoms with Crippen LogP contribution in [-0.4, -0.2) is 30.4 Å². The molecule has 2 heterocycles. The van der Waals surface area contributed by atoms with Crippen molar-refractivity contribution in [3.8, 4) is 0 Å². The summed E-state index contributed by atoms with van der Waals surface area (Å²) >= 11 is 6.60. The van der Waals surface area contributed by atoms with Crippen molar-refractivity contribution in [1.29, 1.82) is 0 Å². The number of likely N-dealkylation sites (N-methyl/N-ethyl adjacent to an activating group) is 1. The molecule has 1 saturated heterocycles. The number of allylic oxidation sites excluding steroid dienone is 1. The minimum Gasteiger partial charge on any atom is -0.365 e. The number of barbiturate groups is 1. The first kappa shape index (κ1) is 22.8. The second-order valence-corrected chi connectivity index (χ2v) is 9.28. The molecule has 0 saturated carbocycles. The Morgan fingerprint density at radius 3 is 2.48 bits per heavy atom. The lowest BCUT2D eigenvalue weighted by molar-refractivity contribution is -0.122. The highest BCUT2D eigenvalue weighted by Gasteiger charge is 2.38. The van der Waals surface area contributed by atoms with Gasteiger partial charge in [-0.05, 0) is 68.2 Å². The van der Waals surface area contributed by atoms with Crippen molar-refractivity contribution >= 4 is 52.5 Å². The van der Waals surface area contributed by atoms with Crippen molar-refractivity contribution in [2.75, 3.05) is 16.8 Å². The van der Waals surface area contributed by atoms with E-state index < -0.39 is 17.8 Å². The molecule has 0 spiro atoms. The molecule has 0 unspecified atom stereocenters. The SMILES string of the molecule is CCc1ccccc1N1C(=O)NC(=O)/C(=C/c2cc3c(cc2Cl)N(C)C(C)(C)C=C3C)C1=O. The lowest BCUT2D eigenvalue weighted by Gasteiger charge is -2.40. The molecule has 4 rings (SSSR count). The van der Waals surface area contributed by atoms with Gasteiger partial charge in [0.1, 0.15) is 5.57 Å². The van der Waals surface area contributed by atoms with Gasteiger partial charge in [0.05, 0.1) is 11.2 Å². The summed E-state index contributed by atoms with van der Waals surface area (Å²) in [5.74, 6) is -1.42. The largest absolute Gasteiger partial charge is 0.365 e. The molecule has 33 heavy (non-hydrogen) atoms. The van der Waals surface area contributed by atoms with Gasteiger partial charge < -0.3 is 4.90 Å². The normalized spacial score (nSPS) is 18.9. The predicted octanol–water partition coefficient (Wildman–Crippen LogP) is 5.20. The van der Waals surface area contributed by atoms with Crippen molar-refractivity contribution < 1.29 is 14.4 Å². The van der Waals surface area contributed by atoms with Crippen molar-refractivity contribution in [1.82, 2.24) is 5.32 Å². The van der Waals surface area contributed by atoms with Gasteiger partial charge in [-0.3, -0.25) is 14.9 Å². The first-order chi connectivity index (χ1) is 15.5. The highest BCUT2D eigenvalue weighted by molar-refractivity contribution is 6.40. The van der Waals surface area contributed by atoms with Gasteiger partial charge in [0.25, 0.3) is 11.8 Å². The number of anilines is 2. The van der Waals surface area contributed by atoms with Crippen LogP contribution in [0.1, 0.15) is 44.4 Å². The smallest absolute Gasteiger partial charge is 0.335 e. The first-order valence-corrected chi connectivity index (χ1v) is 11.2. The Bertz CT molecular complexity index is 1260. The Hall–Kier alpha value is -3.38. The number of urea groups is 1. The van der Waals surface area contributed by atoms with Crippen molar-refractivity contribution in [3.05, 3.63) is 69.8 Å². The summed E-state index contributed by atoms with van der Waals surface area (Å²) in [6.45, 7) is 8.20. The molecule has 2 aliphatic heterocycles. The average molecular weight is 464 g/mol. The molecule has 2 aromatic carbocycles. The molecule has 0 bridgehead atoms. The Kier molecular flexibility index (Phi) is 5.66. The third kappa shape index (κ3) is 3.85. The quantitative estimate of drug-likeness (QED) is 0.501. The number of hydrogen-bond donors (Lipinski definition) is 1. The number of carbonyl (C=O) groups excluding carboxylic acids is 3. The van der Waals surface area contributed by atoms with Crippen LogP contribution in [0.4, 0.5) is 16.2 Å². The molecule has 1 N–H and O–H groups in total. The average Bonchev–Trinajstić information content (AvgIpc) is 2.75. The first-order valence-electron chi connectivity index (χ1n) is 10.8. The summed E-state index contributed by atoms with van der Waals surface area (Å²) in [5.41, 5.74) is 4.53. The number of carbonyl (C=O) groups is 3. The topological polar surface area (TPSA) is 69.7 Å². The standard InChI is InChI=1S/C26H26ClN3O3/c1-6-16-9-7-8-10-21(16)30-24(32)19(23(31)28-25(30)33)12-17-11-18-15(2)14-26(3,4)29(5)22(18)13-20(17)27/h7-14H,6H2,1-5H3,(H,28,31,33)/b19-12-. The maximum Gasteiger partial charge on any atom is 0.335 e. The minimum absolute atomic E-state index is 0.145. The van der Waals surface area contributed by atoms with Crippen LogP contribution in [0.15, 0.2) is 48.0 Å². The fourth-order valence-corrected chi connectivity index (χ4v) is 4.57. The fourth-order valence-electron chi connectivity index (χ4n) is 4.36. The highest BCUT2D eigenvalue weighted by Crippen LogP contribution is 2.41. The second-order valence-electron chi connectivity index (χ2n) is 8.87. The maximum absolute atomic E-state index is 13.3. The molecule has 4 amide bonds. The zero-order valence-corrected chi connectivity index (χ0v) is 20.1. The zero-order chi connectivity index (χ0) is 24.1. The monoisotopic (exact) mass is 463 g/mol. The van der Waals surface area contributed by atoms with Gasteiger partial charge >= 0.3 is 6.03 Å². The number of para-hydroxylation sites is 1. The summed E-state index contributed by atoms with van der Waals surface area (Å²) < 4.78 is 0. The Labute approximate surface area is 198 Å². The van der Waals surface area contributed by atoms with E-state index >= 15 is 0 Å². The van der Waals surface area contributed by atoms with Gasteiger partial charge in [0.2, 0.25) is 0 Å². The summed E-state index contributed by atoms with van der Waals surface area (Å²) in [4.78, 5) is 41.7. The highest BCUT2D eigenvalue weighted by atomic mass is 35.5. The molecule has 0 aromatic heterocycles. The van der Waals surface area contributed by atoms with Crippen LogP contribution in [0.5, 0.6) is 0 Å². The van der Waals surface area contributed by atoms with E-state index in [0.29, 0.717) is 22.7 Å². The van der Waals surface area contributed by atoms with Crippen LogP contribution >= 0.6 is 11.6 Å². The number of nitrogens with zero attached hydrogens (tertiary/aromatic N) is 2. The van der Waals surface area contributed by atoms with E-state index in [1.807, 2.05) is 45.2 Å². The maximum atomic E-state index is 13.3. The number of nitrogens with one attached hydrogen (secondary N) is 1. The molecule has 2 aliphatic rings. The van der Waals surface area contributed by atoms with Gasteiger partial charge in [0, 0.05) is 23.3 Å². The summed E-state index contributed by atoms with van der Waals surface area (Å²) in [5, 5.41) is 2.70. The lowest BCUT2D eigenvalue weighted by Crippen LogP contribution is -2.54. The van der Waals surface area contributed by atoms with Crippen LogP contribution in [0, 0.1) is 0 Å². The number of hydrogen-bond acceptors (Lipinski definition) is 4. The predicted molar refractivity (Wildman–Crippen MR) is 132 cm³/mol. The van der Waals surface area contributed by atoms with Crippen molar-refractivity contribution in [3.63, 3.8) is 0 Å². The Morgan fingerprint density at radius 2 is 1.79 bits per heavy atom. The zero-order valence-electron chi connectivity index (χ0n) is 19.3. The van der Waals surface area contributed by atoms with Gasteiger partial charge in [-0.2, -0.15) is 0 Å². The van der Waals surface area contributed by atoms with Crippen LogP contribution in [0.25, 0.3) is 11.6 Å². The third-order valence-corrected chi connectivity index (χ3v) is 6.68. The Morgan fingerprint density at radius 1 is 1.09 bits per heavy atom. The van der Waals surface area contributed by atoms with Crippen LogP contribution in [0.3, 0.4) is 0 Å². The third-order valence-electron chi connectivity index (χ3n) is 6.35. The number of imide groups is 2. The fraction of sp³-hybridized carbons (Fsp3) is 0.269. The summed E-state index contributed by atoms with van der Waals surface area (Å²) in [6, 6.07) is 10.1. The molecular weight excluding hydrogens is 438 g/mol. The number of benzene rings is 2. The minimum atomic E-state index is -0.762. The molecule has 7 heteroatoms. The van der Waals surface area contributed by atoms with E-state index in [9.17, 15) is 14.4 Å². The van der Waals surface area contributed by atoms with E-state index in [2.05, 4.69) is 30.1 Å². The Balaban J connectivity index is 1.81. The van der Waals surface area contributed by atoms with Crippen LogP contribution in [-0.2, 0) is 16.0 Å². The number of aryl methyl sites for hydroxylation is 1. The number of fused-ring (bicyclic) bond motifs is 1. The number of amides is 4. The van der Waals surface area contributed by atoms with Crippen molar-refractivity contribution in [2.45, 2.75) is 39.7 Å².